The Balaban J connectivity index is 1.52. The molecule has 2 N–H and O–H groups in total. The molecule has 1 fully saturated rings. The van der Waals surface area contributed by atoms with E-state index in [9.17, 15) is 14.9 Å². The first kappa shape index (κ1) is 18.7. The smallest absolute Gasteiger partial charge is 0.271 e. The molecule has 0 atom stereocenters. The molecule has 1 amide bonds. The van der Waals surface area contributed by atoms with E-state index in [-0.39, 0.29) is 28.1 Å². The zero-order valence-electron chi connectivity index (χ0n) is 13.9. The highest BCUT2D eigenvalue weighted by Crippen LogP contribution is 2.28. The van der Waals surface area contributed by atoms with E-state index in [2.05, 4.69) is 20.5 Å². The Labute approximate surface area is 159 Å². The Morgan fingerprint density at radius 2 is 2.19 bits per heavy atom. The lowest BCUT2D eigenvalue weighted by atomic mass is 10.0. The van der Waals surface area contributed by atoms with E-state index in [1.807, 2.05) is 0 Å². The molecule has 8 nitrogen and oxygen atoms in total. The minimum Gasteiger partial charge on any atom is -0.324 e. The SMILES string of the molecule is O=C(CSc1n[nH]c(CC2CCCC2)n1)Nc1cc([N+](=O)[O-])ccc1Cl. The maximum atomic E-state index is 12.1. The van der Waals surface area contributed by atoms with Crippen molar-refractivity contribution in [1.29, 1.82) is 0 Å². The third-order valence-corrected chi connectivity index (χ3v) is 5.41. The van der Waals surface area contributed by atoms with Gasteiger partial charge in [0.1, 0.15) is 5.82 Å². The minimum absolute atomic E-state index is 0.0831. The van der Waals surface area contributed by atoms with Crippen LogP contribution < -0.4 is 5.32 Å². The van der Waals surface area contributed by atoms with Gasteiger partial charge in [-0.15, -0.1) is 5.10 Å². The molecule has 26 heavy (non-hydrogen) atoms. The van der Waals surface area contributed by atoms with Crippen molar-refractivity contribution >= 4 is 40.6 Å². The number of rotatable bonds is 7. The fraction of sp³-hybridized carbons (Fsp3) is 0.438. The topological polar surface area (TPSA) is 114 Å². The van der Waals surface area contributed by atoms with E-state index in [0.29, 0.717) is 11.1 Å². The van der Waals surface area contributed by atoms with Crippen LogP contribution in [0, 0.1) is 16.0 Å². The molecule has 2 aromatic rings. The summed E-state index contributed by atoms with van der Waals surface area (Å²) in [6.45, 7) is 0. The molecule has 0 spiro atoms. The number of hydrogen-bond donors (Lipinski definition) is 2. The number of amides is 1. The lowest BCUT2D eigenvalue weighted by molar-refractivity contribution is -0.384. The highest BCUT2D eigenvalue weighted by atomic mass is 35.5. The van der Waals surface area contributed by atoms with Gasteiger partial charge in [0.25, 0.3) is 5.69 Å². The molecule has 1 aliphatic rings. The maximum Gasteiger partial charge on any atom is 0.271 e. The number of nitrogens with zero attached hydrogens (tertiary/aromatic N) is 3. The molecule has 1 aromatic carbocycles. The Morgan fingerprint density at radius 1 is 1.42 bits per heavy atom. The third kappa shape index (κ3) is 4.95. The van der Waals surface area contributed by atoms with Crippen LogP contribution in [-0.4, -0.2) is 31.8 Å². The van der Waals surface area contributed by atoms with Crippen molar-refractivity contribution in [2.45, 2.75) is 37.3 Å². The van der Waals surface area contributed by atoms with E-state index in [1.54, 1.807) is 0 Å². The van der Waals surface area contributed by atoms with Gasteiger partial charge in [0.05, 0.1) is 21.4 Å². The summed E-state index contributed by atoms with van der Waals surface area (Å²) in [5.41, 5.74) is 0.0752. The minimum atomic E-state index is -0.541. The summed E-state index contributed by atoms with van der Waals surface area (Å²) in [4.78, 5) is 26.8. The fourth-order valence-electron chi connectivity index (χ4n) is 2.96. The molecular weight excluding hydrogens is 378 g/mol. The van der Waals surface area contributed by atoms with Crippen LogP contribution in [0.4, 0.5) is 11.4 Å². The standard InChI is InChI=1S/C16H18ClN5O3S/c17-12-6-5-11(22(24)25)8-13(12)18-15(23)9-26-16-19-14(20-21-16)7-10-3-1-2-4-10/h5-6,8,10H,1-4,7,9H2,(H,18,23)(H,19,20,21). The van der Waals surface area contributed by atoms with Crippen molar-refractivity contribution in [2.75, 3.05) is 11.1 Å². The number of hydrogen-bond acceptors (Lipinski definition) is 6. The number of aromatic amines is 1. The average Bonchev–Trinajstić information content (AvgIpc) is 3.27. The first-order chi connectivity index (χ1) is 12.5. The van der Waals surface area contributed by atoms with Gasteiger partial charge in [-0.25, -0.2) is 4.98 Å². The Hall–Kier alpha value is -2.13. The van der Waals surface area contributed by atoms with Gasteiger partial charge < -0.3 is 5.32 Å². The first-order valence-corrected chi connectivity index (χ1v) is 9.65. The van der Waals surface area contributed by atoms with Gasteiger partial charge in [-0.3, -0.25) is 20.0 Å². The van der Waals surface area contributed by atoms with Crippen molar-refractivity contribution < 1.29 is 9.72 Å². The van der Waals surface area contributed by atoms with E-state index in [1.165, 1.54) is 55.6 Å². The van der Waals surface area contributed by atoms with Gasteiger partial charge >= 0.3 is 0 Å². The van der Waals surface area contributed by atoms with Gasteiger partial charge in [-0.2, -0.15) is 0 Å². The zero-order valence-corrected chi connectivity index (χ0v) is 15.5. The molecule has 0 saturated heterocycles. The molecular formula is C16H18ClN5O3S. The van der Waals surface area contributed by atoms with E-state index >= 15 is 0 Å². The predicted octanol–water partition coefficient (Wildman–Crippen LogP) is 3.83. The van der Waals surface area contributed by atoms with Crippen molar-refractivity contribution in [3.63, 3.8) is 0 Å². The Bertz CT molecular complexity index is 807. The summed E-state index contributed by atoms with van der Waals surface area (Å²) in [6.07, 6.45) is 5.91. The number of carbonyl (C=O) groups is 1. The largest absolute Gasteiger partial charge is 0.324 e. The number of nitro benzene ring substituents is 1. The molecule has 138 valence electrons. The quantitative estimate of drug-likeness (QED) is 0.418. The van der Waals surface area contributed by atoms with Gasteiger partial charge in [0.2, 0.25) is 11.1 Å². The van der Waals surface area contributed by atoms with Crippen LogP contribution in [0.25, 0.3) is 0 Å². The monoisotopic (exact) mass is 395 g/mol. The molecule has 3 rings (SSSR count). The zero-order chi connectivity index (χ0) is 18.5. The number of anilines is 1. The second kappa shape index (κ2) is 8.50. The molecule has 0 bridgehead atoms. The van der Waals surface area contributed by atoms with Gasteiger partial charge in [-0.05, 0) is 12.0 Å². The molecule has 1 saturated carbocycles. The second-order valence-corrected chi connectivity index (χ2v) is 7.53. The van der Waals surface area contributed by atoms with Crippen LogP contribution in [0.5, 0.6) is 0 Å². The lowest BCUT2D eigenvalue weighted by Gasteiger charge is -2.06. The lowest BCUT2D eigenvalue weighted by Crippen LogP contribution is -2.14. The number of thioether (sulfide) groups is 1. The van der Waals surface area contributed by atoms with Gasteiger partial charge in [-0.1, -0.05) is 49.0 Å². The number of non-ortho nitro benzene ring substituents is 1. The number of halogens is 1. The first-order valence-electron chi connectivity index (χ1n) is 8.29. The summed E-state index contributed by atoms with van der Waals surface area (Å²) in [5.74, 6) is 1.26. The van der Waals surface area contributed by atoms with Crippen LogP contribution in [0.3, 0.4) is 0 Å². The van der Waals surface area contributed by atoms with Crippen LogP contribution >= 0.6 is 23.4 Å². The number of benzene rings is 1. The highest BCUT2D eigenvalue weighted by Gasteiger charge is 2.18. The Kier molecular flexibility index (Phi) is 6.10. The van der Waals surface area contributed by atoms with Gasteiger partial charge in [0.15, 0.2) is 0 Å². The van der Waals surface area contributed by atoms with Gasteiger partial charge in [0, 0.05) is 18.6 Å². The third-order valence-electron chi connectivity index (χ3n) is 4.24. The molecule has 1 aromatic heterocycles. The normalized spacial score (nSPS) is 14.5. The Morgan fingerprint density at radius 3 is 2.92 bits per heavy atom. The summed E-state index contributed by atoms with van der Waals surface area (Å²) in [5, 5.41) is 21.2. The number of nitrogens with one attached hydrogen (secondary N) is 2. The summed E-state index contributed by atoms with van der Waals surface area (Å²) >= 11 is 7.17. The number of aromatic nitrogens is 3. The molecule has 1 aliphatic carbocycles. The van der Waals surface area contributed by atoms with Crippen LogP contribution in [0.2, 0.25) is 5.02 Å². The van der Waals surface area contributed by atoms with E-state index in [0.717, 1.165) is 12.2 Å². The summed E-state index contributed by atoms with van der Waals surface area (Å²) in [7, 11) is 0. The molecule has 1 heterocycles. The summed E-state index contributed by atoms with van der Waals surface area (Å²) < 4.78 is 0. The highest BCUT2D eigenvalue weighted by molar-refractivity contribution is 7.99. The number of carbonyl (C=O) groups excluding carboxylic acids is 1. The summed E-state index contributed by atoms with van der Waals surface area (Å²) in [6, 6.07) is 3.90. The molecule has 0 radical (unpaired) electrons. The number of H-pyrrole nitrogens is 1. The molecule has 0 aliphatic heterocycles. The van der Waals surface area contributed by atoms with Crippen molar-refractivity contribution in [3.8, 4) is 0 Å². The van der Waals surface area contributed by atoms with Crippen LogP contribution in [0.15, 0.2) is 23.4 Å². The van der Waals surface area contributed by atoms with E-state index < -0.39 is 4.92 Å². The van der Waals surface area contributed by atoms with E-state index in [4.69, 9.17) is 11.6 Å². The van der Waals surface area contributed by atoms with Crippen LogP contribution in [-0.2, 0) is 11.2 Å². The van der Waals surface area contributed by atoms with Crippen molar-refractivity contribution in [2.24, 2.45) is 5.92 Å². The predicted molar refractivity (Wildman–Crippen MR) is 99.5 cm³/mol. The van der Waals surface area contributed by atoms with Crippen molar-refractivity contribution in [3.05, 3.63) is 39.2 Å². The van der Waals surface area contributed by atoms with Crippen LogP contribution in [0.1, 0.15) is 31.5 Å². The second-order valence-electron chi connectivity index (χ2n) is 6.18. The van der Waals surface area contributed by atoms with Crippen molar-refractivity contribution in [1.82, 2.24) is 15.2 Å². The fourth-order valence-corrected chi connectivity index (χ4v) is 3.74. The number of nitro groups is 1. The molecule has 10 heteroatoms. The average molecular weight is 396 g/mol. The molecule has 0 unspecified atom stereocenters. The maximum absolute atomic E-state index is 12.1.